The Morgan fingerprint density at radius 3 is 2.56 bits per heavy atom. The second-order valence-electron chi connectivity index (χ2n) is 6.88. The van der Waals surface area contributed by atoms with Gasteiger partial charge in [-0.3, -0.25) is 24.3 Å². The first-order valence-corrected chi connectivity index (χ1v) is 10.0. The summed E-state index contributed by atoms with van der Waals surface area (Å²) in [5.41, 5.74) is 1.44. The van der Waals surface area contributed by atoms with Gasteiger partial charge in [0, 0.05) is 24.5 Å². The van der Waals surface area contributed by atoms with Gasteiger partial charge >= 0.3 is 0 Å². The molecule has 0 bridgehead atoms. The fourth-order valence-electron chi connectivity index (χ4n) is 3.81. The topological polar surface area (TPSA) is 92.3 Å². The first kappa shape index (κ1) is 17.8. The molecule has 1 saturated carbocycles. The standard InChI is InChI=1S/C19H20N4O3S/c24-16(22-19-21-15(11-27-19)14-7-3-4-9-20-14)8-10-23-17(25)12-5-1-2-6-13(12)18(23)26/h3-4,7,9,11-13H,1-2,5-6,8,10H2,(H,21,22,24)/t12-,13-/m1/s1. The lowest BCUT2D eigenvalue weighted by atomic mass is 9.81. The van der Waals surface area contributed by atoms with E-state index in [9.17, 15) is 14.4 Å². The van der Waals surface area contributed by atoms with Crippen LogP contribution in [0.25, 0.3) is 11.4 Å². The number of carbonyl (C=O) groups is 3. The highest BCUT2D eigenvalue weighted by molar-refractivity contribution is 7.14. The molecule has 1 N–H and O–H groups in total. The number of aromatic nitrogens is 2. The van der Waals surface area contributed by atoms with Crippen LogP contribution in [0, 0.1) is 11.8 Å². The smallest absolute Gasteiger partial charge is 0.233 e. The number of pyridine rings is 1. The first-order valence-electron chi connectivity index (χ1n) is 9.15. The first-order chi connectivity index (χ1) is 13.1. The van der Waals surface area contributed by atoms with Gasteiger partial charge in [0.1, 0.15) is 5.69 Å². The molecule has 2 aliphatic rings. The Balaban J connectivity index is 1.33. The Hall–Kier alpha value is -2.61. The molecule has 140 valence electrons. The minimum absolute atomic E-state index is 0.0788. The van der Waals surface area contributed by atoms with Gasteiger partial charge in [0.05, 0.1) is 17.5 Å². The van der Waals surface area contributed by atoms with Gasteiger partial charge in [0.15, 0.2) is 5.13 Å². The molecule has 0 spiro atoms. The highest BCUT2D eigenvalue weighted by atomic mass is 32.1. The van der Waals surface area contributed by atoms with Crippen LogP contribution in [0.3, 0.4) is 0 Å². The highest BCUT2D eigenvalue weighted by Crippen LogP contribution is 2.38. The van der Waals surface area contributed by atoms with Gasteiger partial charge in [-0.25, -0.2) is 4.98 Å². The molecule has 3 heterocycles. The average Bonchev–Trinajstić information content (AvgIpc) is 3.25. The van der Waals surface area contributed by atoms with Crippen LogP contribution in [-0.4, -0.2) is 39.1 Å². The van der Waals surface area contributed by atoms with Gasteiger partial charge in [0.25, 0.3) is 0 Å². The van der Waals surface area contributed by atoms with Crippen molar-refractivity contribution in [1.82, 2.24) is 14.9 Å². The maximum absolute atomic E-state index is 12.4. The zero-order chi connectivity index (χ0) is 18.8. The molecule has 0 unspecified atom stereocenters. The lowest BCUT2D eigenvalue weighted by Crippen LogP contribution is -2.34. The van der Waals surface area contributed by atoms with E-state index < -0.39 is 0 Å². The number of imide groups is 1. The number of nitrogens with zero attached hydrogens (tertiary/aromatic N) is 3. The summed E-state index contributed by atoms with van der Waals surface area (Å²) in [6.45, 7) is 0.134. The van der Waals surface area contributed by atoms with Crippen molar-refractivity contribution in [3.05, 3.63) is 29.8 Å². The fourth-order valence-corrected chi connectivity index (χ4v) is 4.53. The molecule has 1 saturated heterocycles. The second kappa shape index (κ2) is 7.56. The lowest BCUT2D eigenvalue weighted by molar-refractivity contribution is -0.140. The van der Waals surface area contributed by atoms with Crippen molar-refractivity contribution in [2.24, 2.45) is 11.8 Å². The summed E-state index contributed by atoms with van der Waals surface area (Å²) < 4.78 is 0. The zero-order valence-electron chi connectivity index (χ0n) is 14.8. The van der Waals surface area contributed by atoms with E-state index in [0.29, 0.717) is 10.8 Å². The summed E-state index contributed by atoms with van der Waals surface area (Å²) in [6, 6.07) is 5.56. The molecule has 2 aromatic rings. The molecular formula is C19H20N4O3S. The van der Waals surface area contributed by atoms with Crippen molar-refractivity contribution in [3.63, 3.8) is 0 Å². The Morgan fingerprint density at radius 2 is 1.89 bits per heavy atom. The van der Waals surface area contributed by atoms with Crippen molar-refractivity contribution in [1.29, 1.82) is 0 Å². The molecule has 0 radical (unpaired) electrons. The number of amides is 3. The van der Waals surface area contributed by atoms with E-state index in [1.807, 2.05) is 23.6 Å². The normalized spacial score (nSPS) is 22.0. The quantitative estimate of drug-likeness (QED) is 0.800. The lowest BCUT2D eigenvalue weighted by Gasteiger charge is -2.19. The molecule has 2 atom stereocenters. The van der Waals surface area contributed by atoms with Crippen LogP contribution in [0.2, 0.25) is 0 Å². The number of anilines is 1. The number of carbonyl (C=O) groups excluding carboxylic acids is 3. The molecule has 0 aromatic carbocycles. The van der Waals surface area contributed by atoms with Crippen molar-refractivity contribution in [3.8, 4) is 11.4 Å². The Kier molecular flexibility index (Phi) is 4.98. The molecule has 1 aliphatic carbocycles. The number of hydrogen-bond donors (Lipinski definition) is 1. The predicted octanol–water partition coefficient (Wildman–Crippen LogP) is 2.71. The third-order valence-corrected chi connectivity index (χ3v) is 5.93. The summed E-state index contributed by atoms with van der Waals surface area (Å²) >= 11 is 1.32. The number of nitrogens with one attached hydrogen (secondary N) is 1. The Morgan fingerprint density at radius 1 is 1.15 bits per heavy atom. The second-order valence-corrected chi connectivity index (χ2v) is 7.73. The van der Waals surface area contributed by atoms with Gasteiger partial charge < -0.3 is 5.32 Å². The Labute approximate surface area is 160 Å². The summed E-state index contributed by atoms with van der Waals surface area (Å²) in [4.78, 5) is 47.0. The number of fused-ring (bicyclic) bond motifs is 1. The van der Waals surface area contributed by atoms with E-state index in [2.05, 4.69) is 15.3 Å². The molecule has 3 amide bonds. The van der Waals surface area contributed by atoms with Crippen LogP contribution in [0.1, 0.15) is 32.1 Å². The van der Waals surface area contributed by atoms with E-state index in [0.717, 1.165) is 31.4 Å². The number of rotatable bonds is 5. The number of likely N-dealkylation sites (tertiary alicyclic amines) is 1. The van der Waals surface area contributed by atoms with Crippen LogP contribution >= 0.6 is 11.3 Å². The summed E-state index contributed by atoms with van der Waals surface area (Å²) in [6.07, 6.45) is 5.33. The van der Waals surface area contributed by atoms with E-state index in [4.69, 9.17) is 0 Å². The molecule has 8 heteroatoms. The Bertz CT molecular complexity index is 843. The molecule has 27 heavy (non-hydrogen) atoms. The molecule has 2 fully saturated rings. The van der Waals surface area contributed by atoms with E-state index in [1.54, 1.807) is 6.20 Å². The average molecular weight is 384 g/mol. The fraction of sp³-hybridized carbons (Fsp3) is 0.421. The van der Waals surface area contributed by atoms with E-state index in [1.165, 1.54) is 16.2 Å². The number of thiazole rings is 1. The largest absolute Gasteiger partial charge is 0.302 e. The molecule has 1 aliphatic heterocycles. The van der Waals surface area contributed by atoms with Gasteiger partial charge in [0.2, 0.25) is 17.7 Å². The van der Waals surface area contributed by atoms with Crippen LogP contribution < -0.4 is 5.32 Å². The van der Waals surface area contributed by atoms with Crippen LogP contribution in [0.5, 0.6) is 0 Å². The van der Waals surface area contributed by atoms with Gasteiger partial charge in [-0.15, -0.1) is 11.3 Å². The summed E-state index contributed by atoms with van der Waals surface area (Å²) in [5, 5.41) is 5.05. The van der Waals surface area contributed by atoms with Crippen LogP contribution in [0.4, 0.5) is 5.13 Å². The summed E-state index contributed by atoms with van der Waals surface area (Å²) in [5.74, 6) is -0.816. The number of hydrogen-bond acceptors (Lipinski definition) is 6. The molecule has 2 aromatic heterocycles. The highest BCUT2D eigenvalue weighted by Gasteiger charge is 2.47. The van der Waals surface area contributed by atoms with E-state index in [-0.39, 0.29) is 42.5 Å². The third kappa shape index (κ3) is 3.62. The minimum Gasteiger partial charge on any atom is -0.302 e. The minimum atomic E-state index is -0.257. The van der Waals surface area contributed by atoms with Crippen molar-refractivity contribution in [2.45, 2.75) is 32.1 Å². The van der Waals surface area contributed by atoms with Crippen molar-refractivity contribution >= 4 is 34.2 Å². The maximum atomic E-state index is 12.4. The zero-order valence-corrected chi connectivity index (χ0v) is 15.6. The molecule has 4 rings (SSSR count). The monoisotopic (exact) mass is 384 g/mol. The predicted molar refractivity (Wildman–Crippen MR) is 101 cm³/mol. The summed E-state index contributed by atoms with van der Waals surface area (Å²) in [7, 11) is 0. The van der Waals surface area contributed by atoms with Gasteiger partial charge in [-0.2, -0.15) is 0 Å². The van der Waals surface area contributed by atoms with Crippen molar-refractivity contribution < 1.29 is 14.4 Å². The van der Waals surface area contributed by atoms with E-state index >= 15 is 0 Å². The molecular weight excluding hydrogens is 364 g/mol. The van der Waals surface area contributed by atoms with Gasteiger partial charge in [-0.05, 0) is 25.0 Å². The van der Waals surface area contributed by atoms with Crippen LogP contribution in [0.15, 0.2) is 29.8 Å². The SMILES string of the molecule is O=C(CCN1C(=O)[C@@H]2CCCC[C@H]2C1=O)Nc1nc(-c2ccccn2)cs1. The van der Waals surface area contributed by atoms with Crippen molar-refractivity contribution in [2.75, 3.05) is 11.9 Å². The van der Waals surface area contributed by atoms with Crippen LogP contribution in [-0.2, 0) is 14.4 Å². The third-order valence-electron chi connectivity index (χ3n) is 5.17. The molecule has 7 nitrogen and oxygen atoms in total. The maximum Gasteiger partial charge on any atom is 0.233 e. The van der Waals surface area contributed by atoms with Gasteiger partial charge in [-0.1, -0.05) is 18.9 Å².